The van der Waals surface area contributed by atoms with Crippen molar-refractivity contribution < 1.29 is 8.42 Å². The molecule has 0 aliphatic heterocycles. The first-order chi connectivity index (χ1) is 11.9. The van der Waals surface area contributed by atoms with E-state index in [0.29, 0.717) is 25.6 Å². The van der Waals surface area contributed by atoms with E-state index >= 15 is 0 Å². The summed E-state index contributed by atoms with van der Waals surface area (Å²) in [5, 5.41) is 6.38. The summed E-state index contributed by atoms with van der Waals surface area (Å²) < 4.78 is 25.9. The molecule has 0 aliphatic rings. The number of benzene rings is 1. The Morgan fingerprint density at radius 1 is 1.15 bits per heavy atom. The molecule has 0 spiro atoms. The van der Waals surface area contributed by atoms with Crippen molar-refractivity contribution in [1.82, 2.24) is 14.9 Å². The van der Waals surface area contributed by atoms with Gasteiger partial charge in [-0.25, -0.2) is 12.7 Å². The van der Waals surface area contributed by atoms with Crippen LogP contribution in [0.5, 0.6) is 0 Å². The normalized spacial score (nSPS) is 13.2. The van der Waals surface area contributed by atoms with Crippen LogP contribution in [0.4, 0.5) is 0 Å². The number of sulfonamides is 1. The van der Waals surface area contributed by atoms with Gasteiger partial charge < -0.3 is 10.6 Å². The fraction of sp³-hybridized carbons (Fsp3) is 0.611. The third kappa shape index (κ3) is 7.79. The van der Waals surface area contributed by atoms with Gasteiger partial charge in [0.05, 0.1) is 11.8 Å². The van der Waals surface area contributed by atoms with E-state index in [-0.39, 0.29) is 35.8 Å². The van der Waals surface area contributed by atoms with Crippen molar-refractivity contribution >= 4 is 40.0 Å². The topological polar surface area (TPSA) is 73.8 Å². The van der Waals surface area contributed by atoms with E-state index in [2.05, 4.69) is 53.7 Å². The molecule has 1 aromatic carbocycles. The Bertz CT molecular complexity index is 644. The minimum atomic E-state index is -3.23. The van der Waals surface area contributed by atoms with Crippen LogP contribution in [0.2, 0.25) is 0 Å². The Morgan fingerprint density at radius 3 is 2.19 bits per heavy atom. The highest BCUT2D eigenvalue weighted by molar-refractivity contribution is 14.0. The van der Waals surface area contributed by atoms with E-state index < -0.39 is 10.0 Å². The molecule has 0 aromatic heterocycles. The average Bonchev–Trinajstić information content (AvgIpc) is 2.61. The molecule has 0 fully saturated rings. The molecule has 0 aliphatic carbocycles. The summed E-state index contributed by atoms with van der Waals surface area (Å²) in [4.78, 5) is 4.18. The van der Waals surface area contributed by atoms with E-state index in [1.165, 1.54) is 9.87 Å². The van der Waals surface area contributed by atoms with Crippen LogP contribution < -0.4 is 10.6 Å². The molecular weight excluding hydrogens is 463 g/mol. The first-order valence-electron chi connectivity index (χ1n) is 8.91. The summed E-state index contributed by atoms with van der Waals surface area (Å²) in [6.45, 7) is 9.20. The van der Waals surface area contributed by atoms with Crippen LogP contribution in [0.25, 0.3) is 0 Å². The number of hydrogen-bond acceptors (Lipinski definition) is 3. The Hall–Kier alpha value is -0.870. The second-order valence-electron chi connectivity index (χ2n) is 5.86. The summed E-state index contributed by atoms with van der Waals surface area (Å²) in [5.41, 5.74) is 2.47. The average molecular weight is 496 g/mol. The van der Waals surface area contributed by atoms with Gasteiger partial charge in [0.2, 0.25) is 10.0 Å². The predicted octanol–water partition coefficient (Wildman–Crippen LogP) is 2.76. The lowest BCUT2D eigenvalue weighted by Crippen LogP contribution is -2.42. The summed E-state index contributed by atoms with van der Waals surface area (Å²) in [6, 6.07) is 8.54. The van der Waals surface area contributed by atoms with Crippen molar-refractivity contribution in [2.75, 3.05) is 32.4 Å². The summed E-state index contributed by atoms with van der Waals surface area (Å²) in [7, 11) is -1.54. The van der Waals surface area contributed by atoms with Gasteiger partial charge in [-0.15, -0.1) is 24.0 Å². The van der Waals surface area contributed by atoms with E-state index in [1.807, 2.05) is 13.8 Å². The van der Waals surface area contributed by atoms with Gasteiger partial charge in [-0.05, 0) is 24.5 Å². The minimum Gasteiger partial charge on any atom is -0.355 e. The number of rotatable bonds is 9. The fourth-order valence-corrected chi connectivity index (χ4v) is 3.97. The zero-order chi connectivity index (χ0) is 18.9. The highest BCUT2D eigenvalue weighted by Crippen LogP contribution is 2.13. The molecule has 1 aromatic rings. The van der Waals surface area contributed by atoms with Crippen molar-refractivity contribution in [2.45, 2.75) is 40.2 Å². The Kier molecular flexibility index (Phi) is 12.1. The van der Waals surface area contributed by atoms with Crippen LogP contribution >= 0.6 is 24.0 Å². The lowest BCUT2D eigenvalue weighted by molar-refractivity contribution is 0.445. The van der Waals surface area contributed by atoms with Gasteiger partial charge in [0.15, 0.2) is 5.96 Å². The smallest absolute Gasteiger partial charge is 0.215 e. The SMILES string of the molecule is CCc1ccc(C(C)NC(=NC)NCCS(=O)(=O)N(CC)CC)cc1.I. The molecule has 26 heavy (non-hydrogen) atoms. The van der Waals surface area contributed by atoms with Crippen LogP contribution in [0, 0.1) is 0 Å². The molecule has 0 radical (unpaired) electrons. The van der Waals surface area contributed by atoms with Gasteiger partial charge in [-0.3, -0.25) is 4.99 Å². The van der Waals surface area contributed by atoms with Crippen molar-refractivity contribution in [1.29, 1.82) is 0 Å². The molecule has 0 heterocycles. The molecule has 1 unspecified atom stereocenters. The van der Waals surface area contributed by atoms with Crippen LogP contribution in [0.1, 0.15) is 44.9 Å². The van der Waals surface area contributed by atoms with E-state index in [9.17, 15) is 8.42 Å². The minimum absolute atomic E-state index is 0. The van der Waals surface area contributed by atoms with Crippen LogP contribution in [0.3, 0.4) is 0 Å². The van der Waals surface area contributed by atoms with Crippen LogP contribution in [-0.4, -0.2) is 51.1 Å². The van der Waals surface area contributed by atoms with Gasteiger partial charge in [0, 0.05) is 26.7 Å². The Morgan fingerprint density at radius 2 is 1.73 bits per heavy atom. The Labute approximate surface area is 175 Å². The molecule has 1 rings (SSSR count). The number of nitrogens with zero attached hydrogens (tertiary/aromatic N) is 2. The molecule has 0 saturated heterocycles. The van der Waals surface area contributed by atoms with Gasteiger partial charge >= 0.3 is 0 Å². The molecule has 0 bridgehead atoms. The highest BCUT2D eigenvalue weighted by Gasteiger charge is 2.18. The first-order valence-corrected chi connectivity index (χ1v) is 10.5. The van der Waals surface area contributed by atoms with Gasteiger partial charge in [0.1, 0.15) is 0 Å². The fourth-order valence-electron chi connectivity index (χ4n) is 2.57. The molecule has 0 amide bonds. The van der Waals surface area contributed by atoms with Crippen LogP contribution in [0.15, 0.2) is 29.3 Å². The maximum absolute atomic E-state index is 12.2. The van der Waals surface area contributed by atoms with Crippen molar-refractivity contribution in [2.24, 2.45) is 4.99 Å². The second kappa shape index (κ2) is 12.5. The monoisotopic (exact) mass is 496 g/mol. The summed E-state index contributed by atoms with van der Waals surface area (Å²) >= 11 is 0. The third-order valence-electron chi connectivity index (χ3n) is 4.22. The summed E-state index contributed by atoms with van der Waals surface area (Å²) in [5.74, 6) is 0.649. The molecule has 6 nitrogen and oxygen atoms in total. The number of guanidine groups is 1. The molecule has 8 heteroatoms. The van der Waals surface area contributed by atoms with Gasteiger partial charge in [-0.1, -0.05) is 45.0 Å². The number of hydrogen-bond donors (Lipinski definition) is 2. The lowest BCUT2D eigenvalue weighted by Gasteiger charge is -2.20. The van der Waals surface area contributed by atoms with E-state index in [1.54, 1.807) is 7.05 Å². The maximum Gasteiger partial charge on any atom is 0.215 e. The van der Waals surface area contributed by atoms with Crippen molar-refractivity contribution in [3.63, 3.8) is 0 Å². The number of aliphatic imine (C=N–C) groups is 1. The lowest BCUT2D eigenvalue weighted by atomic mass is 10.1. The molecule has 1 atom stereocenters. The van der Waals surface area contributed by atoms with Crippen molar-refractivity contribution in [3.05, 3.63) is 35.4 Å². The zero-order valence-corrected chi connectivity index (χ0v) is 19.6. The zero-order valence-electron chi connectivity index (χ0n) is 16.4. The molecule has 0 saturated carbocycles. The Balaban J connectivity index is 0.00000625. The number of aryl methyl sites for hydroxylation is 1. The number of nitrogens with one attached hydrogen (secondary N) is 2. The third-order valence-corrected chi connectivity index (χ3v) is 6.24. The number of halogens is 1. The van der Waals surface area contributed by atoms with Gasteiger partial charge in [-0.2, -0.15) is 0 Å². The van der Waals surface area contributed by atoms with E-state index in [0.717, 1.165) is 12.0 Å². The summed E-state index contributed by atoms with van der Waals surface area (Å²) in [6.07, 6.45) is 1.02. The quantitative estimate of drug-likeness (QED) is 0.313. The van der Waals surface area contributed by atoms with Gasteiger partial charge in [0.25, 0.3) is 0 Å². The second-order valence-corrected chi connectivity index (χ2v) is 7.95. The van der Waals surface area contributed by atoms with Crippen molar-refractivity contribution in [3.8, 4) is 0 Å². The van der Waals surface area contributed by atoms with E-state index in [4.69, 9.17) is 0 Å². The first kappa shape index (κ1) is 25.1. The molecule has 2 N–H and O–H groups in total. The predicted molar refractivity (Wildman–Crippen MR) is 121 cm³/mol. The highest BCUT2D eigenvalue weighted by atomic mass is 127. The molecular formula is C18H33IN4O2S. The molecule has 150 valence electrons. The maximum atomic E-state index is 12.2. The standard InChI is InChI=1S/C18H32N4O2S.HI/c1-6-16-9-11-17(12-10-16)15(4)21-18(19-5)20-13-14-25(23,24)22(7-2)8-3;/h9-12,15H,6-8,13-14H2,1-5H3,(H2,19,20,21);1H. The largest absolute Gasteiger partial charge is 0.355 e. The van der Waals surface area contributed by atoms with Crippen LogP contribution in [-0.2, 0) is 16.4 Å².